The lowest BCUT2D eigenvalue weighted by Gasteiger charge is -2.15. The summed E-state index contributed by atoms with van der Waals surface area (Å²) in [7, 11) is 0. The Morgan fingerprint density at radius 3 is 2.86 bits per heavy atom. The molecular formula is C15H15ClN2O3. The van der Waals surface area contributed by atoms with Crippen molar-refractivity contribution in [3.05, 3.63) is 34.4 Å². The predicted molar refractivity (Wildman–Crippen MR) is 80.5 cm³/mol. The minimum atomic E-state index is -0.899. The number of nitrogens with one attached hydrogen (secondary N) is 1. The maximum absolute atomic E-state index is 12.2. The molecule has 0 spiro atoms. The van der Waals surface area contributed by atoms with Crippen LogP contribution in [-0.4, -0.2) is 35.1 Å². The molecule has 1 saturated heterocycles. The Hall–Kier alpha value is -2.01. The van der Waals surface area contributed by atoms with E-state index in [1.54, 1.807) is 12.1 Å². The first-order chi connectivity index (χ1) is 10.1. The fourth-order valence-corrected chi connectivity index (χ4v) is 3.10. The minimum absolute atomic E-state index is 0.119. The van der Waals surface area contributed by atoms with Gasteiger partial charge in [-0.25, -0.2) is 4.79 Å². The average molecular weight is 307 g/mol. The topological polar surface area (TPSA) is 69.6 Å². The van der Waals surface area contributed by atoms with Gasteiger partial charge in [0.25, 0.3) is 5.91 Å². The van der Waals surface area contributed by atoms with E-state index in [0.29, 0.717) is 30.1 Å². The second-order valence-electron chi connectivity index (χ2n) is 5.25. The zero-order chi connectivity index (χ0) is 15.0. The second-order valence-corrected chi connectivity index (χ2v) is 5.68. The van der Waals surface area contributed by atoms with Crippen LogP contribution in [0.3, 0.4) is 0 Å². The predicted octanol–water partition coefficient (Wildman–Crippen LogP) is 3.21. The summed E-state index contributed by atoms with van der Waals surface area (Å²) >= 11 is 5.95. The smallest absolute Gasteiger partial charge is 0.407 e. The summed E-state index contributed by atoms with van der Waals surface area (Å²) in [5.74, 6) is -0.119. The summed E-state index contributed by atoms with van der Waals surface area (Å²) in [6.45, 7) is 0.950. The normalized spacial score (nSPS) is 21.8. The van der Waals surface area contributed by atoms with Gasteiger partial charge >= 0.3 is 6.09 Å². The minimum Gasteiger partial charge on any atom is -0.465 e. The number of fused-ring (bicyclic) bond motifs is 1. The molecule has 3 rings (SSSR count). The van der Waals surface area contributed by atoms with Crippen LogP contribution in [0.4, 0.5) is 10.5 Å². The van der Waals surface area contributed by atoms with Gasteiger partial charge in [0.05, 0.1) is 5.69 Å². The zero-order valence-electron chi connectivity index (χ0n) is 11.4. The Kier molecular flexibility index (Phi) is 3.59. The molecule has 0 aromatic heterocycles. The van der Waals surface area contributed by atoms with Crippen molar-refractivity contribution >= 4 is 34.9 Å². The van der Waals surface area contributed by atoms with Crippen LogP contribution in [0.25, 0.3) is 5.57 Å². The third-order valence-electron chi connectivity index (χ3n) is 3.94. The molecule has 1 aromatic rings. The third kappa shape index (κ3) is 2.61. The van der Waals surface area contributed by atoms with Crippen LogP contribution in [0.15, 0.2) is 23.8 Å². The van der Waals surface area contributed by atoms with Gasteiger partial charge in [0.1, 0.15) is 0 Å². The van der Waals surface area contributed by atoms with Crippen molar-refractivity contribution in [3.8, 4) is 0 Å². The molecule has 1 fully saturated rings. The van der Waals surface area contributed by atoms with Crippen LogP contribution in [0.1, 0.15) is 24.8 Å². The van der Waals surface area contributed by atoms with Gasteiger partial charge in [-0.2, -0.15) is 0 Å². The molecule has 2 heterocycles. The highest BCUT2D eigenvalue weighted by atomic mass is 35.5. The molecule has 0 aliphatic carbocycles. The number of anilines is 1. The van der Waals surface area contributed by atoms with Crippen molar-refractivity contribution < 1.29 is 14.7 Å². The van der Waals surface area contributed by atoms with Crippen LogP contribution in [0.2, 0.25) is 5.02 Å². The first-order valence-electron chi connectivity index (χ1n) is 6.87. The average Bonchev–Trinajstić information content (AvgIpc) is 2.62. The lowest BCUT2D eigenvalue weighted by atomic mass is 9.96. The monoisotopic (exact) mass is 306 g/mol. The number of carbonyl (C=O) groups is 2. The molecule has 6 heteroatoms. The van der Waals surface area contributed by atoms with Crippen molar-refractivity contribution in [1.82, 2.24) is 4.90 Å². The molecular weight excluding hydrogens is 292 g/mol. The lowest BCUT2D eigenvalue weighted by molar-refractivity contribution is -0.110. The fraction of sp³-hybridized carbons (Fsp3) is 0.333. The van der Waals surface area contributed by atoms with E-state index < -0.39 is 6.09 Å². The number of carbonyl (C=O) groups excluding carboxylic acids is 1. The Bertz CT molecular complexity index is 654. The van der Waals surface area contributed by atoms with Crippen LogP contribution >= 0.6 is 11.6 Å². The maximum Gasteiger partial charge on any atom is 0.407 e. The molecule has 0 saturated carbocycles. The summed E-state index contributed by atoms with van der Waals surface area (Å²) in [5.41, 5.74) is 3.31. The highest BCUT2D eigenvalue weighted by Crippen LogP contribution is 2.38. The molecule has 1 aromatic carbocycles. The molecule has 0 bridgehead atoms. The lowest BCUT2D eigenvalue weighted by Crippen LogP contribution is -2.30. The zero-order valence-corrected chi connectivity index (χ0v) is 12.1. The first kappa shape index (κ1) is 13.9. The van der Waals surface area contributed by atoms with Gasteiger partial charge in [-0.15, -0.1) is 0 Å². The van der Waals surface area contributed by atoms with E-state index in [1.807, 2.05) is 6.07 Å². The number of carboxylic acid groups (broad SMARTS) is 1. The summed E-state index contributed by atoms with van der Waals surface area (Å²) in [6, 6.07) is 5.35. The number of hydrogen-bond donors (Lipinski definition) is 2. The van der Waals surface area contributed by atoms with E-state index in [9.17, 15) is 9.59 Å². The summed E-state index contributed by atoms with van der Waals surface area (Å²) in [4.78, 5) is 24.7. The molecule has 2 aliphatic rings. The van der Waals surface area contributed by atoms with E-state index in [4.69, 9.17) is 16.7 Å². The highest BCUT2D eigenvalue weighted by molar-refractivity contribution is 6.34. The Morgan fingerprint density at radius 1 is 1.29 bits per heavy atom. The number of hydrogen-bond acceptors (Lipinski definition) is 2. The standard InChI is InChI=1S/C15H15ClN2O3/c16-10-3-4-11-12(8-10)17-14(19)13(11)9-2-1-6-18(7-5-9)15(20)21/h3-4,8H,1-2,5-7H2,(H,17,19)(H,20,21). The Balaban J connectivity index is 1.96. The van der Waals surface area contributed by atoms with Crippen molar-refractivity contribution in [1.29, 1.82) is 0 Å². The maximum atomic E-state index is 12.2. The number of rotatable bonds is 0. The van der Waals surface area contributed by atoms with E-state index >= 15 is 0 Å². The summed E-state index contributed by atoms with van der Waals surface area (Å²) in [6.07, 6.45) is 1.18. The van der Waals surface area contributed by atoms with Gasteiger partial charge in [0, 0.05) is 29.2 Å². The van der Waals surface area contributed by atoms with Gasteiger partial charge < -0.3 is 15.3 Å². The summed E-state index contributed by atoms with van der Waals surface area (Å²) < 4.78 is 0. The largest absolute Gasteiger partial charge is 0.465 e. The van der Waals surface area contributed by atoms with Gasteiger partial charge in [-0.05, 0) is 31.4 Å². The third-order valence-corrected chi connectivity index (χ3v) is 4.18. The van der Waals surface area contributed by atoms with E-state index in [0.717, 1.165) is 29.7 Å². The Labute approximate surface area is 127 Å². The van der Waals surface area contributed by atoms with Gasteiger partial charge in [0.15, 0.2) is 0 Å². The van der Waals surface area contributed by atoms with Gasteiger partial charge in [-0.1, -0.05) is 23.2 Å². The number of amides is 2. The van der Waals surface area contributed by atoms with Crippen LogP contribution < -0.4 is 5.32 Å². The molecule has 5 nitrogen and oxygen atoms in total. The second kappa shape index (κ2) is 5.41. The summed E-state index contributed by atoms with van der Waals surface area (Å²) in [5, 5.41) is 12.5. The molecule has 0 unspecified atom stereocenters. The van der Waals surface area contributed by atoms with E-state index in [1.165, 1.54) is 4.90 Å². The van der Waals surface area contributed by atoms with Crippen molar-refractivity contribution in [3.63, 3.8) is 0 Å². The molecule has 2 aliphatic heterocycles. The molecule has 2 N–H and O–H groups in total. The number of likely N-dealkylation sites (tertiary alicyclic amines) is 1. The number of halogens is 1. The number of nitrogens with zero attached hydrogens (tertiary/aromatic N) is 1. The van der Waals surface area contributed by atoms with E-state index in [-0.39, 0.29) is 5.91 Å². The van der Waals surface area contributed by atoms with Crippen LogP contribution in [0, 0.1) is 0 Å². The van der Waals surface area contributed by atoms with E-state index in [2.05, 4.69) is 5.32 Å². The SMILES string of the molecule is O=C1Nc2cc(Cl)ccc2C1=C1CCCN(C(=O)O)CC1. The number of benzene rings is 1. The van der Waals surface area contributed by atoms with Crippen LogP contribution in [0.5, 0.6) is 0 Å². The Morgan fingerprint density at radius 2 is 2.10 bits per heavy atom. The highest BCUT2D eigenvalue weighted by Gasteiger charge is 2.28. The molecule has 2 amide bonds. The van der Waals surface area contributed by atoms with Crippen molar-refractivity contribution in [2.45, 2.75) is 19.3 Å². The molecule has 0 atom stereocenters. The molecule has 0 radical (unpaired) electrons. The molecule has 21 heavy (non-hydrogen) atoms. The van der Waals surface area contributed by atoms with Crippen molar-refractivity contribution in [2.24, 2.45) is 0 Å². The molecule has 110 valence electrons. The fourth-order valence-electron chi connectivity index (χ4n) is 2.93. The quantitative estimate of drug-likeness (QED) is 0.723. The van der Waals surface area contributed by atoms with Crippen LogP contribution in [-0.2, 0) is 4.79 Å². The first-order valence-corrected chi connectivity index (χ1v) is 7.25. The van der Waals surface area contributed by atoms with Gasteiger partial charge in [0.2, 0.25) is 0 Å². The van der Waals surface area contributed by atoms with Crippen molar-refractivity contribution in [2.75, 3.05) is 18.4 Å². The van der Waals surface area contributed by atoms with Gasteiger partial charge in [-0.3, -0.25) is 4.79 Å².